The SMILES string of the molecule is CNCC1CCN(C(=O)C2CCCN(C(=O)Nc3ccccc3F)C2)C1.Cl. The van der Waals surface area contributed by atoms with E-state index in [9.17, 15) is 14.0 Å². The zero-order chi connectivity index (χ0) is 18.5. The second kappa shape index (κ2) is 9.90. The number of benzene rings is 1. The van der Waals surface area contributed by atoms with Gasteiger partial charge in [-0.3, -0.25) is 4.79 Å². The molecular formula is C19H28ClFN4O2. The van der Waals surface area contributed by atoms with Crippen molar-refractivity contribution in [3.8, 4) is 0 Å². The van der Waals surface area contributed by atoms with Crippen molar-refractivity contribution in [1.82, 2.24) is 15.1 Å². The first-order valence-corrected chi connectivity index (χ1v) is 9.32. The third-order valence-corrected chi connectivity index (χ3v) is 5.26. The number of urea groups is 1. The van der Waals surface area contributed by atoms with Crippen molar-refractivity contribution in [1.29, 1.82) is 0 Å². The summed E-state index contributed by atoms with van der Waals surface area (Å²) in [6.45, 7) is 3.49. The number of para-hydroxylation sites is 1. The Bertz CT molecular complexity index is 660. The molecule has 0 saturated carbocycles. The minimum Gasteiger partial charge on any atom is -0.342 e. The van der Waals surface area contributed by atoms with Crippen molar-refractivity contribution < 1.29 is 14.0 Å². The van der Waals surface area contributed by atoms with E-state index in [0.29, 0.717) is 19.0 Å². The highest BCUT2D eigenvalue weighted by Gasteiger charge is 2.34. The van der Waals surface area contributed by atoms with E-state index in [0.717, 1.165) is 38.9 Å². The number of amides is 3. The van der Waals surface area contributed by atoms with Crippen LogP contribution in [-0.4, -0.2) is 61.5 Å². The number of carbonyl (C=O) groups excluding carboxylic acids is 2. The van der Waals surface area contributed by atoms with Crippen molar-refractivity contribution in [2.45, 2.75) is 19.3 Å². The molecule has 2 heterocycles. The Morgan fingerprint density at radius 1 is 1.15 bits per heavy atom. The highest BCUT2D eigenvalue weighted by atomic mass is 35.5. The van der Waals surface area contributed by atoms with E-state index >= 15 is 0 Å². The van der Waals surface area contributed by atoms with Gasteiger partial charge in [0.05, 0.1) is 11.6 Å². The average molecular weight is 399 g/mol. The summed E-state index contributed by atoms with van der Waals surface area (Å²) in [6, 6.07) is 5.76. The number of anilines is 1. The summed E-state index contributed by atoms with van der Waals surface area (Å²) < 4.78 is 13.7. The fraction of sp³-hybridized carbons (Fsp3) is 0.579. The van der Waals surface area contributed by atoms with Gasteiger partial charge in [0.25, 0.3) is 0 Å². The van der Waals surface area contributed by atoms with Gasteiger partial charge in [0.15, 0.2) is 0 Å². The van der Waals surface area contributed by atoms with Gasteiger partial charge < -0.3 is 20.4 Å². The van der Waals surface area contributed by atoms with Crippen LogP contribution in [0.25, 0.3) is 0 Å². The molecule has 1 aromatic carbocycles. The molecule has 2 saturated heterocycles. The second-order valence-electron chi connectivity index (χ2n) is 7.19. The highest BCUT2D eigenvalue weighted by Crippen LogP contribution is 2.24. The maximum absolute atomic E-state index is 13.7. The molecule has 27 heavy (non-hydrogen) atoms. The smallest absolute Gasteiger partial charge is 0.321 e. The summed E-state index contributed by atoms with van der Waals surface area (Å²) >= 11 is 0. The third-order valence-electron chi connectivity index (χ3n) is 5.26. The van der Waals surface area contributed by atoms with Crippen LogP contribution in [0.1, 0.15) is 19.3 Å². The summed E-state index contributed by atoms with van der Waals surface area (Å²) in [4.78, 5) is 28.8. The lowest BCUT2D eigenvalue weighted by Gasteiger charge is -2.34. The normalized spacial score (nSPS) is 22.3. The van der Waals surface area contributed by atoms with Gasteiger partial charge >= 0.3 is 6.03 Å². The van der Waals surface area contributed by atoms with Crippen LogP contribution in [0.5, 0.6) is 0 Å². The van der Waals surface area contributed by atoms with E-state index in [1.165, 1.54) is 12.1 Å². The summed E-state index contributed by atoms with van der Waals surface area (Å²) in [5.74, 6) is 0.0292. The van der Waals surface area contributed by atoms with Gasteiger partial charge in [0.1, 0.15) is 5.82 Å². The quantitative estimate of drug-likeness (QED) is 0.819. The van der Waals surface area contributed by atoms with Crippen LogP contribution in [-0.2, 0) is 4.79 Å². The number of carbonyl (C=O) groups is 2. The molecule has 1 aromatic rings. The molecule has 150 valence electrons. The van der Waals surface area contributed by atoms with E-state index in [-0.39, 0.29) is 36.0 Å². The van der Waals surface area contributed by atoms with Crippen LogP contribution in [0, 0.1) is 17.7 Å². The van der Waals surface area contributed by atoms with E-state index in [1.807, 2.05) is 11.9 Å². The molecule has 2 unspecified atom stereocenters. The lowest BCUT2D eigenvalue weighted by molar-refractivity contribution is -0.135. The van der Waals surface area contributed by atoms with E-state index < -0.39 is 5.82 Å². The van der Waals surface area contributed by atoms with Crippen molar-refractivity contribution in [2.24, 2.45) is 11.8 Å². The molecule has 0 radical (unpaired) electrons. The Morgan fingerprint density at radius 3 is 2.67 bits per heavy atom. The van der Waals surface area contributed by atoms with Gasteiger partial charge in [0, 0.05) is 26.2 Å². The number of hydrogen-bond acceptors (Lipinski definition) is 3. The molecule has 2 aliphatic rings. The van der Waals surface area contributed by atoms with Crippen LogP contribution in [0.15, 0.2) is 24.3 Å². The number of hydrogen-bond donors (Lipinski definition) is 2. The van der Waals surface area contributed by atoms with Crippen LogP contribution < -0.4 is 10.6 Å². The number of likely N-dealkylation sites (tertiary alicyclic amines) is 2. The molecule has 2 fully saturated rings. The Morgan fingerprint density at radius 2 is 1.93 bits per heavy atom. The molecule has 2 N–H and O–H groups in total. The molecular weight excluding hydrogens is 371 g/mol. The van der Waals surface area contributed by atoms with Gasteiger partial charge in [-0.2, -0.15) is 0 Å². The number of rotatable bonds is 4. The Hall–Kier alpha value is -1.86. The monoisotopic (exact) mass is 398 g/mol. The maximum Gasteiger partial charge on any atom is 0.321 e. The lowest BCUT2D eigenvalue weighted by atomic mass is 9.97. The number of nitrogens with zero attached hydrogens (tertiary/aromatic N) is 2. The Labute approximate surface area is 165 Å². The predicted octanol–water partition coefficient (Wildman–Crippen LogP) is 2.56. The largest absolute Gasteiger partial charge is 0.342 e. The summed E-state index contributed by atoms with van der Waals surface area (Å²) in [5, 5.41) is 5.78. The lowest BCUT2D eigenvalue weighted by Crippen LogP contribution is -2.47. The standard InChI is InChI=1S/C19H27FN4O2.ClH/c1-21-11-14-8-10-23(12-14)18(25)15-5-4-9-24(13-15)19(26)22-17-7-3-2-6-16(17)20;/h2-3,6-7,14-15,21H,4-5,8-13H2,1H3,(H,22,26);1H. The number of nitrogens with one attached hydrogen (secondary N) is 2. The molecule has 2 atom stereocenters. The molecule has 0 bridgehead atoms. The van der Waals surface area contributed by atoms with Crippen LogP contribution >= 0.6 is 12.4 Å². The van der Waals surface area contributed by atoms with E-state index in [4.69, 9.17) is 0 Å². The van der Waals surface area contributed by atoms with Crippen molar-refractivity contribution in [3.63, 3.8) is 0 Å². The predicted molar refractivity (Wildman–Crippen MR) is 106 cm³/mol. The van der Waals surface area contributed by atoms with Crippen LogP contribution in [0.4, 0.5) is 14.9 Å². The fourth-order valence-corrected chi connectivity index (χ4v) is 3.87. The van der Waals surface area contributed by atoms with E-state index in [2.05, 4.69) is 10.6 Å². The zero-order valence-corrected chi connectivity index (χ0v) is 16.4. The van der Waals surface area contributed by atoms with Crippen molar-refractivity contribution >= 4 is 30.0 Å². The molecule has 8 heteroatoms. The van der Waals surface area contributed by atoms with Gasteiger partial charge in [0.2, 0.25) is 5.91 Å². The molecule has 0 aromatic heterocycles. The first-order valence-electron chi connectivity index (χ1n) is 9.32. The van der Waals surface area contributed by atoms with E-state index in [1.54, 1.807) is 17.0 Å². The topological polar surface area (TPSA) is 64.7 Å². The van der Waals surface area contributed by atoms with Crippen LogP contribution in [0.2, 0.25) is 0 Å². The summed E-state index contributed by atoms with van der Waals surface area (Å²) in [7, 11) is 1.93. The zero-order valence-electron chi connectivity index (χ0n) is 15.6. The molecule has 0 aliphatic carbocycles. The average Bonchev–Trinajstić information content (AvgIpc) is 3.12. The van der Waals surface area contributed by atoms with Gasteiger partial charge in [-0.05, 0) is 50.9 Å². The molecule has 6 nitrogen and oxygen atoms in total. The number of piperidine rings is 1. The molecule has 2 aliphatic heterocycles. The molecule has 3 amide bonds. The number of halogens is 2. The summed E-state index contributed by atoms with van der Waals surface area (Å²) in [6.07, 6.45) is 2.61. The molecule has 0 spiro atoms. The third kappa shape index (κ3) is 5.32. The highest BCUT2D eigenvalue weighted by molar-refractivity contribution is 5.90. The van der Waals surface area contributed by atoms with Gasteiger partial charge in [-0.25, -0.2) is 9.18 Å². The first kappa shape index (κ1) is 21.4. The minimum absolute atomic E-state index is 0. The van der Waals surface area contributed by atoms with Crippen molar-refractivity contribution in [2.75, 3.05) is 45.1 Å². The van der Waals surface area contributed by atoms with Crippen LogP contribution in [0.3, 0.4) is 0 Å². The van der Waals surface area contributed by atoms with Gasteiger partial charge in [-0.1, -0.05) is 12.1 Å². The fourth-order valence-electron chi connectivity index (χ4n) is 3.87. The molecule has 3 rings (SSSR count). The first-order chi connectivity index (χ1) is 12.6. The summed E-state index contributed by atoms with van der Waals surface area (Å²) in [5.41, 5.74) is 0.167. The maximum atomic E-state index is 13.7. The van der Waals surface area contributed by atoms with Gasteiger partial charge in [-0.15, -0.1) is 12.4 Å². The minimum atomic E-state index is -0.460. The van der Waals surface area contributed by atoms with Crippen molar-refractivity contribution in [3.05, 3.63) is 30.1 Å². The second-order valence-corrected chi connectivity index (χ2v) is 7.19. The Kier molecular flexibility index (Phi) is 7.86. The Balaban J connectivity index is 0.00000261.